The predicted molar refractivity (Wildman–Crippen MR) is 101 cm³/mol. The zero-order valence-corrected chi connectivity index (χ0v) is 16.0. The van der Waals surface area contributed by atoms with Crippen molar-refractivity contribution >= 4 is 17.5 Å². The van der Waals surface area contributed by atoms with Gasteiger partial charge in [0.05, 0.1) is 10.6 Å². The topological polar surface area (TPSA) is 77.1 Å². The molecule has 0 N–H and O–H groups in total. The van der Waals surface area contributed by atoms with Gasteiger partial charge in [0, 0.05) is 44.2 Å². The number of fused-ring (bicyclic) bond motifs is 1. The van der Waals surface area contributed by atoms with Crippen LogP contribution in [-0.4, -0.2) is 37.3 Å². The highest BCUT2D eigenvalue weighted by Gasteiger charge is 2.29. The maximum atomic E-state index is 12.3. The van der Waals surface area contributed by atoms with Gasteiger partial charge < -0.3 is 9.32 Å². The normalized spacial score (nSPS) is 13.7. The molecule has 0 fully saturated rings. The molecule has 27 heavy (non-hydrogen) atoms. The Bertz CT molecular complexity index is 994. The van der Waals surface area contributed by atoms with Crippen molar-refractivity contribution in [1.29, 1.82) is 0 Å². The minimum atomic E-state index is 0.167. The number of amides is 1. The highest BCUT2D eigenvalue weighted by atomic mass is 35.5. The van der Waals surface area contributed by atoms with Crippen LogP contribution in [0.1, 0.15) is 31.0 Å². The van der Waals surface area contributed by atoms with Gasteiger partial charge in [0.1, 0.15) is 0 Å². The molecule has 3 aromatic rings. The van der Waals surface area contributed by atoms with Crippen molar-refractivity contribution in [2.24, 2.45) is 7.05 Å². The maximum absolute atomic E-state index is 12.3. The number of aryl methyl sites for hydroxylation is 1. The van der Waals surface area contributed by atoms with E-state index in [0.717, 1.165) is 24.1 Å². The van der Waals surface area contributed by atoms with Crippen LogP contribution < -0.4 is 0 Å². The molecule has 0 saturated carbocycles. The Morgan fingerprint density at radius 1 is 1.26 bits per heavy atom. The number of hydrogen-bond donors (Lipinski definition) is 0. The van der Waals surface area contributed by atoms with Crippen LogP contribution in [0.2, 0.25) is 5.02 Å². The lowest BCUT2D eigenvalue weighted by Gasteiger charge is -2.27. The number of carbonyl (C=O) groups is 1. The Balaban J connectivity index is 1.69. The summed E-state index contributed by atoms with van der Waals surface area (Å²) in [5.74, 6) is 0.858. The van der Waals surface area contributed by atoms with Crippen molar-refractivity contribution < 1.29 is 9.21 Å². The molecule has 1 aliphatic heterocycles. The van der Waals surface area contributed by atoms with E-state index in [2.05, 4.69) is 15.3 Å². The molecule has 140 valence electrons. The average molecular weight is 386 g/mol. The molecular formula is C19H20ClN5O2. The van der Waals surface area contributed by atoms with Crippen LogP contribution in [0, 0.1) is 0 Å². The summed E-state index contributed by atoms with van der Waals surface area (Å²) < 4.78 is 7.71. The molecule has 0 atom stereocenters. The minimum absolute atomic E-state index is 0.167. The third-order valence-corrected chi connectivity index (χ3v) is 5.12. The largest absolute Gasteiger partial charge is 0.414 e. The summed E-state index contributed by atoms with van der Waals surface area (Å²) in [5, 5.41) is 13.4. The fourth-order valence-corrected chi connectivity index (χ4v) is 3.63. The molecule has 0 aliphatic carbocycles. The molecule has 0 saturated heterocycles. The summed E-state index contributed by atoms with van der Waals surface area (Å²) >= 11 is 6.23. The summed E-state index contributed by atoms with van der Waals surface area (Å²) in [6.07, 6.45) is 2.16. The van der Waals surface area contributed by atoms with Crippen LogP contribution in [0.3, 0.4) is 0 Å². The van der Waals surface area contributed by atoms with Gasteiger partial charge in [-0.15, -0.1) is 10.2 Å². The molecule has 0 spiro atoms. The Labute approximate surface area is 161 Å². The van der Waals surface area contributed by atoms with E-state index in [4.69, 9.17) is 16.0 Å². The fourth-order valence-electron chi connectivity index (χ4n) is 3.41. The van der Waals surface area contributed by atoms with Crippen molar-refractivity contribution in [1.82, 2.24) is 24.9 Å². The van der Waals surface area contributed by atoms with Gasteiger partial charge in [0.15, 0.2) is 5.69 Å². The maximum Gasteiger partial charge on any atom is 0.268 e. The molecule has 0 unspecified atom stereocenters. The number of halogens is 1. The summed E-state index contributed by atoms with van der Waals surface area (Å²) in [4.78, 5) is 14.2. The molecule has 3 heterocycles. The van der Waals surface area contributed by atoms with Gasteiger partial charge in [-0.3, -0.25) is 9.48 Å². The van der Waals surface area contributed by atoms with Crippen molar-refractivity contribution in [3.8, 4) is 23.0 Å². The van der Waals surface area contributed by atoms with Gasteiger partial charge >= 0.3 is 0 Å². The number of benzene rings is 1. The monoisotopic (exact) mass is 385 g/mol. The third-order valence-electron chi connectivity index (χ3n) is 4.79. The molecule has 8 heteroatoms. The molecular weight excluding hydrogens is 366 g/mol. The first-order valence-electron chi connectivity index (χ1n) is 8.99. The summed E-state index contributed by atoms with van der Waals surface area (Å²) in [5.41, 5.74) is 3.39. The molecule has 4 rings (SSSR count). The average Bonchev–Trinajstić information content (AvgIpc) is 3.27. The standard InChI is InChI=1S/C19H20ClN5O2/c1-3-6-16(26)25-10-9-15-13(11-25)17(23-24(15)2)19-22-21-18(27-19)12-7-4-5-8-14(12)20/h4-5,7-8H,3,6,9-11H2,1-2H3. The lowest BCUT2D eigenvalue weighted by molar-refractivity contribution is -0.132. The van der Waals surface area contributed by atoms with Crippen LogP contribution in [0.15, 0.2) is 28.7 Å². The van der Waals surface area contributed by atoms with Gasteiger partial charge in [-0.2, -0.15) is 5.10 Å². The van der Waals surface area contributed by atoms with E-state index in [9.17, 15) is 4.79 Å². The molecule has 7 nitrogen and oxygen atoms in total. The second kappa shape index (κ2) is 7.15. The van der Waals surface area contributed by atoms with E-state index in [1.807, 2.05) is 41.8 Å². The first-order chi connectivity index (χ1) is 13.1. The van der Waals surface area contributed by atoms with Crippen LogP contribution >= 0.6 is 11.6 Å². The second-order valence-corrected chi connectivity index (χ2v) is 7.01. The Morgan fingerprint density at radius 3 is 2.81 bits per heavy atom. The van der Waals surface area contributed by atoms with Crippen LogP contribution in [-0.2, 0) is 24.8 Å². The van der Waals surface area contributed by atoms with Crippen molar-refractivity contribution in [2.45, 2.75) is 32.7 Å². The Morgan fingerprint density at radius 2 is 2.04 bits per heavy atom. The van der Waals surface area contributed by atoms with E-state index in [1.54, 1.807) is 6.07 Å². The van der Waals surface area contributed by atoms with Crippen molar-refractivity contribution in [2.75, 3.05) is 6.54 Å². The van der Waals surface area contributed by atoms with E-state index < -0.39 is 0 Å². The van der Waals surface area contributed by atoms with Crippen LogP contribution in [0.25, 0.3) is 23.0 Å². The van der Waals surface area contributed by atoms with E-state index in [-0.39, 0.29) is 5.91 Å². The highest BCUT2D eigenvalue weighted by molar-refractivity contribution is 6.33. The number of carbonyl (C=O) groups excluding carboxylic acids is 1. The Hall–Kier alpha value is -2.67. The van der Waals surface area contributed by atoms with E-state index in [1.165, 1.54) is 0 Å². The fraction of sp³-hybridized carbons (Fsp3) is 0.368. The minimum Gasteiger partial charge on any atom is -0.414 e. The predicted octanol–water partition coefficient (Wildman–Crippen LogP) is 3.48. The summed E-state index contributed by atoms with van der Waals surface area (Å²) in [6, 6.07) is 7.32. The molecule has 1 aliphatic rings. The van der Waals surface area contributed by atoms with E-state index >= 15 is 0 Å². The molecule has 0 radical (unpaired) electrons. The number of rotatable bonds is 4. The lowest BCUT2D eigenvalue weighted by atomic mass is 10.0. The van der Waals surface area contributed by atoms with Gasteiger partial charge in [-0.05, 0) is 18.6 Å². The van der Waals surface area contributed by atoms with Gasteiger partial charge in [0.25, 0.3) is 5.89 Å². The third kappa shape index (κ3) is 3.23. The molecule has 2 aromatic heterocycles. The second-order valence-electron chi connectivity index (χ2n) is 6.60. The smallest absolute Gasteiger partial charge is 0.268 e. The van der Waals surface area contributed by atoms with Crippen LogP contribution in [0.5, 0.6) is 0 Å². The zero-order valence-electron chi connectivity index (χ0n) is 15.3. The van der Waals surface area contributed by atoms with Gasteiger partial charge in [-0.1, -0.05) is 30.7 Å². The highest BCUT2D eigenvalue weighted by Crippen LogP contribution is 2.32. The molecule has 1 aromatic carbocycles. The van der Waals surface area contributed by atoms with Gasteiger partial charge in [-0.25, -0.2) is 0 Å². The summed E-state index contributed by atoms with van der Waals surface area (Å²) in [6.45, 7) is 3.23. The lowest BCUT2D eigenvalue weighted by Crippen LogP contribution is -2.36. The van der Waals surface area contributed by atoms with Gasteiger partial charge in [0.2, 0.25) is 11.8 Å². The van der Waals surface area contributed by atoms with E-state index in [0.29, 0.717) is 47.6 Å². The quantitative estimate of drug-likeness (QED) is 0.687. The molecule has 1 amide bonds. The Kier molecular flexibility index (Phi) is 4.70. The summed E-state index contributed by atoms with van der Waals surface area (Å²) in [7, 11) is 1.90. The van der Waals surface area contributed by atoms with Crippen molar-refractivity contribution in [3.05, 3.63) is 40.5 Å². The number of nitrogens with zero attached hydrogens (tertiary/aromatic N) is 5. The number of hydrogen-bond acceptors (Lipinski definition) is 5. The van der Waals surface area contributed by atoms with Crippen molar-refractivity contribution in [3.63, 3.8) is 0 Å². The molecule has 0 bridgehead atoms. The van der Waals surface area contributed by atoms with Crippen LogP contribution in [0.4, 0.5) is 0 Å². The SMILES string of the molecule is CCCC(=O)N1CCc2c(c(-c3nnc(-c4ccccc4Cl)o3)nn2C)C1. The zero-order chi connectivity index (χ0) is 19.0. The number of aromatic nitrogens is 4. The first kappa shape index (κ1) is 17.7. The first-order valence-corrected chi connectivity index (χ1v) is 9.37.